The Hall–Kier alpha value is -3.52. The van der Waals surface area contributed by atoms with Crippen LogP contribution in [0, 0.1) is 0 Å². The van der Waals surface area contributed by atoms with Gasteiger partial charge in [0, 0.05) is 24.6 Å². The molecule has 0 fully saturated rings. The monoisotopic (exact) mass is 398 g/mol. The van der Waals surface area contributed by atoms with Crippen LogP contribution in [-0.2, 0) is 14.3 Å². The molecule has 0 saturated carbocycles. The zero-order chi connectivity index (χ0) is 20.6. The second kappa shape index (κ2) is 9.61. The number of carbonyl (C=O) groups is 2. The molecule has 2 amide bonds. The van der Waals surface area contributed by atoms with Crippen LogP contribution in [-0.4, -0.2) is 45.9 Å². The van der Waals surface area contributed by atoms with Gasteiger partial charge in [-0.2, -0.15) is 0 Å². The van der Waals surface area contributed by atoms with Crippen molar-refractivity contribution in [3.05, 3.63) is 48.0 Å². The van der Waals surface area contributed by atoms with Gasteiger partial charge in [-0.25, -0.2) is 0 Å². The number of rotatable bonds is 7. The van der Waals surface area contributed by atoms with E-state index in [1.54, 1.807) is 49.6 Å². The maximum atomic E-state index is 12.2. The van der Waals surface area contributed by atoms with E-state index in [1.807, 2.05) is 0 Å². The van der Waals surface area contributed by atoms with Crippen molar-refractivity contribution in [2.45, 2.75) is 0 Å². The van der Waals surface area contributed by atoms with Crippen molar-refractivity contribution in [1.82, 2.24) is 0 Å². The molecule has 152 valence electrons. The van der Waals surface area contributed by atoms with Crippen molar-refractivity contribution in [2.75, 3.05) is 44.7 Å². The maximum absolute atomic E-state index is 12.2. The molecule has 0 bridgehead atoms. The van der Waals surface area contributed by atoms with Crippen LogP contribution < -0.4 is 24.8 Å². The summed E-state index contributed by atoms with van der Waals surface area (Å²) in [7, 11) is 3.00. The Bertz CT molecular complexity index is 891. The first-order chi connectivity index (χ1) is 14.1. The number of carbonyl (C=O) groups excluding carboxylic acids is 2. The molecule has 8 heteroatoms. The molecule has 2 N–H and O–H groups in total. The molecule has 0 atom stereocenters. The molecule has 2 aromatic rings. The Labute approximate surface area is 168 Å². The summed E-state index contributed by atoms with van der Waals surface area (Å²) in [4.78, 5) is 23.7. The second-order valence-corrected chi connectivity index (χ2v) is 6.13. The molecule has 1 aliphatic heterocycles. The average molecular weight is 398 g/mol. The molecule has 0 saturated heterocycles. The number of hydrogen-bond acceptors (Lipinski definition) is 6. The van der Waals surface area contributed by atoms with Gasteiger partial charge in [-0.1, -0.05) is 0 Å². The van der Waals surface area contributed by atoms with E-state index in [4.69, 9.17) is 18.9 Å². The van der Waals surface area contributed by atoms with Crippen molar-refractivity contribution in [2.24, 2.45) is 0 Å². The van der Waals surface area contributed by atoms with E-state index in [2.05, 4.69) is 10.6 Å². The van der Waals surface area contributed by atoms with E-state index < -0.39 is 0 Å². The van der Waals surface area contributed by atoms with Crippen LogP contribution >= 0.6 is 0 Å². The van der Waals surface area contributed by atoms with Crippen LogP contribution in [0.25, 0.3) is 6.08 Å². The standard InChI is InChI=1S/C21H22N2O6/c1-26-13-20(25)23-16-6-4-15(5-7-16)22-19(24)8-3-14-11-17(27-2)21-18(12-14)28-9-10-29-21/h3-8,11-12H,9-10,13H2,1-2H3,(H,22,24)(H,23,25)/b8-3+. The molecule has 0 spiro atoms. The average Bonchev–Trinajstić information content (AvgIpc) is 2.73. The third kappa shape index (κ3) is 5.49. The van der Waals surface area contributed by atoms with Crippen LogP contribution in [0.15, 0.2) is 42.5 Å². The summed E-state index contributed by atoms with van der Waals surface area (Å²) in [5.74, 6) is 1.16. The molecular weight excluding hydrogens is 376 g/mol. The van der Waals surface area contributed by atoms with Crippen LogP contribution in [0.2, 0.25) is 0 Å². The fourth-order valence-electron chi connectivity index (χ4n) is 2.71. The lowest BCUT2D eigenvalue weighted by atomic mass is 10.1. The molecule has 1 aliphatic rings. The van der Waals surface area contributed by atoms with Crippen LogP contribution in [0.5, 0.6) is 17.2 Å². The third-order valence-electron chi connectivity index (χ3n) is 3.99. The van der Waals surface area contributed by atoms with Crippen molar-refractivity contribution in [1.29, 1.82) is 0 Å². The number of hydrogen-bond donors (Lipinski definition) is 2. The zero-order valence-corrected chi connectivity index (χ0v) is 16.2. The highest BCUT2D eigenvalue weighted by Gasteiger charge is 2.17. The molecule has 2 aromatic carbocycles. The van der Waals surface area contributed by atoms with Gasteiger partial charge in [0.25, 0.3) is 0 Å². The van der Waals surface area contributed by atoms with E-state index in [1.165, 1.54) is 13.2 Å². The summed E-state index contributed by atoms with van der Waals surface area (Å²) in [6, 6.07) is 10.3. The number of ether oxygens (including phenoxy) is 4. The first kappa shape index (κ1) is 20.2. The van der Waals surface area contributed by atoms with Crippen LogP contribution in [0.4, 0.5) is 11.4 Å². The lowest BCUT2D eigenvalue weighted by Gasteiger charge is -2.20. The van der Waals surface area contributed by atoms with Gasteiger partial charge in [0.2, 0.25) is 17.6 Å². The summed E-state index contributed by atoms with van der Waals surface area (Å²) in [6.45, 7) is 0.912. The van der Waals surface area contributed by atoms with Crippen LogP contribution in [0.1, 0.15) is 5.56 Å². The Balaban J connectivity index is 1.62. The number of methoxy groups -OCH3 is 2. The summed E-state index contributed by atoms with van der Waals surface area (Å²) < 4.78 is 21.2. The highest BCUT2D eigenvalue weighted by atomic mass is 16.6. The quantitative estimate of drug-likeness (QED) is 0.697. The fourth-order valence-corrected chi connectivity index (χ4v) is 2.71. The number of fused-ring (bicyclic) bond motifs is 1. The Morgan fingerprint density at radius 3 is 2.41 bits per heavy atom. The molecule has 0 radical (unpaired) electrons. The topological polar surface area (TPSA) is 95.1 Å². The zero-order valence-electron chi connectivity index (χ0n) is 16.2. The normalized spacial score (nSPS) is 12.5. The van der Waals surface area contributed by atoms with E-state index in [0.717, 1.165) is 5.56 Å². The fraction of sp³-hybridized carbons (Fsp3) is 0.238. The number of amides is 2. The lowest BCUT2D eigenvalue weighted by Crippen LogP contribution is -2.17. The molecule has 0 aromatic heterocycles. The molecule has 0 unspecified atom stereocenters. The largest absolute Gasteiger partial charge is 0.493 e. The number of nitrogens with one attached hydrogen (secondary N) is 2. The lowest BCUT2D eigenvalue weighted by molar-refractivity contribution is -0.119. The van der Waals surface area contributed by atoms with Crippen molar-refractivity contribution < 1.29 is 28.5 Å². The van der Waals surface area contributed by atoms with Gasteiger partial charge in [0.1, 0.15) is 19.8 Å². The molecule has 8 nitrogen and oxygen atoms in total. The molecule has 29 heavy (non-hydrogen) atoms. The predicted octanol–water partition coefficient (Wildman–Crippen LogP) is 2.70. The van der Waals surface area contributed by atoms with Gasteiger partial charge >= 0.3 is 0 Å². The Morgan fingerprint density at radius 2 is 1.72 bits per heavy atom. The second-order valence-electron chi connectivity index (χ2n) is 6.13. The summed E-state index contributed by atoms with van der Waals surface area (Å²) in [6.07, 6.45) is 3.08. The molecule has 0 aliphatic carbocycles. The summed E-state index contributed by atoms with van der Waals surface area (Å²) >= 11 is 0. The Morgan fingerprint density at radius 1 is 1.03 bits per heavy atom. The highest BCUT2D eigenvalue weighted by molar-refractivity contribution is 6.02. The predicted molar refractivity (Wildman–Crippen MR) is 109 cm³/mol. The molecule has 1 heterocycles. The van der Waals surface area contributed by atoms with Gasteiger partial charge < -0.3 is 29.6 Å². The number of benzene rings is 2. The third-order valence-corrected chi connectivity index (χ3v) is 3.99. The van der Waals surface area contributed by atoms with Gasteiger partial charge in [-0.3, -0.25) is 9.59 Å². The van der Waals surface area contributed by atoms with Crippen molar-refractivity contribution in [3.63, 3.8) is 0 Å². The first-order valence-electron chi connectivity index (χ1n) is 8.94. The van der Waals surface area contributed by atoms with E-state index in [-0.39, 0.29) is 18.4 Å². The van der Waals surface area contributed by atoms with E-state index >= 15 is 0 Å². The highest BCUT2D eigenvalue weighted by Crippen LogP contribution is 2.40. The van der Waals surface area contributed by atoms with E-state index in [9.17, 15) is 9.59 Å². The summed E-state index contributed by atoms with van der Waals surface area (Å²) in [5.41, 5.74) is 1.96. The van der Waals surface area contributed by atoms with Crippen molar-refractivity contribution >= 4 is 29.3 Å². The van der Waals surface area contributed by atoms with E-state index in [0.29, 0.717) is 41.8 Å². The van der Waals surface area contributed by atoms with Gasteiger partial charge in [0.05, 0.1) is 7.11 Å². The Kier molecular flexibility index (Phi) is 6.70. The molecule has 3 rings (SSSR count). The minimum Gasteiger partial charge on any atom is -0.493 e. The maximum Gasteiger partial charge on any atom is 0.250 e. The minimum atomic E-state index is -0.296. The van der Waals surface area contributed by atoms with Crippen LogP contribution in [0.3, 0.4) is 0 Å². The first-order valence-corrected chi connectivity index (χ1v) is 8.94. The van der Waals surface area contributed by atoms with Gasteiger partial charge in [-0.05, 0) is 48.0 Å². The van der Waals surface area contributed by atoms with Gasteiger partial charge in [0.15, 0.2) is 11.5 Å². The van der Waals surface area contributed by atoms with Gasteiger partial charge in [-0.15, -0.1) is 0 Å². The minimum absolute atomic E-state index is 0.0199. The van der Waals surface area contributed by atoms with Crippen molar-refractivity contribution in [3.8, 4) is 17.2 Å². The SMILES string of the molecule is COCC(=O)Nc1ccc(NC(=O)/C=C/c2cc(OC)c3c(c2)OCCO3)cc1. The molecular formula is C21H22N2O6. The number of anilines is 2. The smallest absolute Gasteiger partial charge is 0.250 e. The summed E-state index contributed by atoms with van der Waals surface area (Å²) in [5, 5.41) is 5.44.